The molecule has 72 heavy (non-hydrogen) atoms. The third-order valence-corrected chi connectivity index (χ3v) is 12.1. The molecule has 0 aliphatic rings. The number of carboxylic acids is 1. The Morgan fingerprint density at radius 1 is 0.431 bits per heavy atom. The largest absolute Gasteiger partial charge is 0.545 e. The summed E-state index contributed by atoms with van der Waals surface area (Å²) in [4.78, 5) is 37.3. The molecular weight excluding hydrogens is 899 g/mol. The van der Waals surface area contributed by atoms with E-state index in [1.165, 1.54) is 96.3 Å². The van der Waals surface area contributed by atoms with Gasteiger partial charge in [-0.25, -0.2) is 0 Å². The number of carbonyl (C=O) groups excluding carboxylic acids is 3. The van der Waals surface area contributed by atoms with Crippen LogP contribution in [0, 0.1) is 0 Å². The molecular formula is C63H107NO8. The first kappa shape index (κ1) is 68.2. The topological polar surface area (TPSA) is 111 Å². The summed E-state index contributed by atoms with van der Waals surface area (Å²) in [6, 6.07) is 0. The van der Waals surface area contributed by atoms with Gasteiger partial charge in [-0.15, -0.1) is 0 Å². The molecule has 0 saturated heterocycles. The summed E-state index contributed by atoms with van der Waals surface area (Å²) in [5, 5.41) is 11.8. The van der Waals surface area contributed by atoms with Gasteiger partial charge in [-0.2, -0.15) is 0 Å². The minimum absolute atomic E-state index is 0.138. The molecule has 0 bridgehead atoms. The van der Waals surface area contributed by atoms with Crippen molar-refractivity contribution >= 4 is 17.9 Å². The lowest BCUT2D eigenvalue weighted by atomic mass is 10.0. The van der Waals surface area contributed by atoms with E-state index in [9.17, 15) is 19.5 Å². The molecule has 9 heteroatoms. The Bertz CT molecular complexity index is 1500. The zero-order chi connectivity index (χ0) is 52.7. The van der Waals surface area contributed by atoms with Crippen molar-refractivity contribution in [3.8, 4) is 0 Å². The number of likely N-dealkylation sites (N-methyl/N-ethyl adjacent to an activating group) is 1. The van der Waals surface area contributed by atoms with Gasteiger partial charge in [0, 0.05) is 12.8 Å². The van der Waals surface area contributed by atoms with Crippen LogP contribution in [0.1, 0.15) is 226 Å². The monoisotopic (exact) mass is 1010 g/mol. The Kier molecular flexibility index (Phi) is 50.7. The molecule has 0 amide bonds. The molecule has 2 atom stereocenters. The van der Waals surface area contributed by atoms with Crippen LogP contribution in [-0.2, 0) is 33.3 Å². The van der Waals surface area contributed by atoms with E-state index >= 15 is 0 Å². The van der Waals surface area contributed by atoms with E-state index in [0.29, 0.717) is 17.4 Å². The van der Waals surface area contributed by atoms with Crippen molar-refractivity contribution < 1.29 is 42.9 Å². The zero-order valence-corrected chi connectivity index (χ0v) is 46.8. The van der Waals surface area contributed by atoms with Crippen molar-refractivity contribution in [2.45, 2.75) is 238 Å². The predicted octanol–water partition coefficient (Wildman–Crippen LogP) is 15.6. The molecule has 412 valence electrons. The van der Waals surface area contributed by atoms with Gasteiger partial charge >= 0.3 is 11.9 Å². The number of hydrogen-bond acceptors (Lipinski definition) is 8. The fourth-order valence-corrected chi connectivity index (χ4v) is 7.67. The Morgan fingerprint density at radius 2 is 0.792 bits per heavy atom. The number of esters is 2. The van der Waals surface area contributed by atoms with Crippen molar-refractivity contribution in [2.75, 3.05) is 47.5 Å². The summed E-state index contributed by atoms with van der Waals surface area (Å²) in [7, 11) is 5.91. The fourth-order valence-electron chi connectivity index (χ4n) is 7.67. The van der Waals surface area contributed by atoms with Gasteiger partial charge in [0.1, 0.15) is 13.2 Å². The quantitative estimate of drug-likeness (QED) is 0.0195. The summed E-state index contributed by atoms with van der Waals surface area (Å²) in [6.45, 7) is 4.61. The highest BCUT2D eigenvalue weighted by atomic mass is 16.7. The number of rotatable bonds is 52. The lowest BCUT2D eigenvalue weighted by Gasteiger charge is -2.26. The molecule has 0 N–H and O–H groups in total. The third-order valence-electron chi connectivity index (χ3n) is 12.1. The van der Waals surface area contributed by atoms with Gasteiger partial charge in [0.15, 0.2) is 12.4 Å². The lowest BCUT2D eigenvalue weighted by molar-refractivity contribution is -0.870. The van der Waals surface area contributed by atoms with E-state index < -0.39 is 24.3 Å². The van der Waals surface area contributed by atoms with Crippen LogP contribution in [0.3, 0.4) is 0 Å². The molecule has 0 saturated carbocycles. The van der Waals surface area contributed by atoms with E-state index in [0.717, 1.165) is 96.3 Å². The number of nitrogens with zero attached hydrogens (tertiary/aromatic N) is 1. The van der Waals surface area contributed by atoms with Crippen molar-refractivity contribution in [1.29, 1.82) is 0 Å². The highest BCUT2D eigenvalue weighted by Gasteiger charge is 2.22. The van der Waals surface area contributed by atoms with Crippen LogP contribution < -0.4 is 5.11 Å². The molecule has 0 heterocycles. The number of carboxylic acid groups (broad SMARTS) is 1. The molecule has 0 aliphatic carbocycles. The number of unbranched alkanes of at least 4 members (excludes halogenated alkanes) is 21. The van der Waals surface area contributed by atoms with E-state index in [4.69, 9.17) is 18.9 Å². The number of ether oxygens (including phenoxy) is 4. The molecule has 0 spiro atoms. The summed E-state index contributed by atoms with van der Waals surface area (Å²) in [5.41, 5.74) is 0. The van der Waals surface area contributed by atoms with Gasteiger partial charge in [0.2, 0.25) is 0 Å². The van der Waals surface area contributed by atoms with Crippen LogP contribution in [-0.4, -0.2) is 82.3 Å². The van der Waals surface area contributed by atoms with E-state index in [1.54, 1.807) is 0 Å². The second-order valence-electron chi connectivity index (χ2n) is 20.2. The molecule has 0 aliphatic heterocycles. The lowest BCUT2D eigenvalue weighted by Crippen LogP contribution is -2.44. The van der Waals surface area contributed by atoms with Crippen molar-refractivity contribution in [3.63, 3.8) is 0 Å². The Hall–Kier alpha value is -3.79. The van der Waals surface area contributed by atoms with E-state index in [1.807, 2.05) is 21.1 Å². The van der Waals surface area contributed by atoms with Crippen LogP contribution >= 0.6 is 0 Å². The Balaban J connectivity index is 4.34. The summed E-state index contributed by atoms with van der Waals surface area (Å²) in [6.07, 6.45) is 68.8. The maximum Gasteiger partial charge on any atom is 0.306 e. The molecule has 2 unspecified atom stereocenters. The molecule has 0 aromatic rings. The van der Waals surface area contributed by atoms with Crippen LogP contribution in [0.4, 0.5) is 0 Å². The Labute approximate surface area is 442 Å². The standard InChI is InChI=1S/C63H107NO8/c1-6-8-10-12-14-16-18-20-22-24-26-27-28-29-30-31-32-33-34-35-36-38-40-42-44-46-48-50-52-54-61(66)72-59(58-71-63(62(67)68)69-56-55-64(3,4)5)57-70-60(65)53-51-49-47-45-43-41-39-37-25-23-21-19-17-15-13-11-9-7-2/h8,10,14,16,20,22,26-27,29-30,32-33,35-36,40,42,59,63H,6-7,9,11-13,15,17-19,21,23-25,28,31,34,37-39,41,43-58H2,1-5H3/b10-8-,16-14-,22-20-,27-26-,30-29-,33-32-,36-35-,42-40-. The maximum atomic E-state index is 12.9. The minimum Gasteiger partial charge on any atom is -0.545 e. The van der Waals surface area contributed by atoms with E-state index in [-0.39, 0.29) is 38.6 Å². The number of quaternary nitrogens is 1. The zero-order valence-electron chi connectivity index (χ0n) is 46.8. The Morgan fingerprint density at radius 3 is 1.18 bits per heavy atom. The summed E-state index contributed by atoms with van der Waals surface area (Å²) < 4.78 is 22.7. The SMILES string of the molecule is CC/C=C\C/C=C\C/C=C\C/C=C\C/C=C\C/C=C\C/C=C\C/C=C\CCCCCCC(=O)OC(COC(=O)CCCCCCCCCCCCCCCCCCCC)COC(OCC[N+](C)(C)C)C(=O)[O-]. The third kappa shape index (κ3) is 54.0. The molecule has 0 aromatic heterocycles. The average molecular weight is 1010 g/mol. The summed E-state index contributed by atoms with van der Waals surface area (Å²) in [5.74, 6) is -2.32. The van der Waals surface area contributed by atoms with E-state index in [2.05, 4.69) is 111 Å². The second-order valence-corrected chi connectivity index (χ2v) is 20.2. The molecule has 9 nitrogen and oxygen atoms in total. The first-order chi connectivity index (χ1) is 35.1. The molecule has 0 aromatic carbocycles. The van der Waals surface area contributed by atoms with Crippen molar-refractivity contribution in [2.24, 2.45) is 0 Å². The highest BCUT2D eigenvalue weighted by Crippen LogP contribution is 2.16. The van der Waals surface area contributed by atoms with Crippen LogP contribution in [0.2, 0.25) is 0 Å². The number of allylic oxidation sites excluding steroid dienone is 16. The van der Waals surface area contributed by atoms with Gasteiger partial charge in [0.05, 0.1) is 40.3 Å². The maximum absolute atomic E-state index is 12.9. The van der Waals surface area contributed by atoms with Crippen LogP contribution in [0.5, 0.6) is 0 Å². The average Bonchev–Trinajstić information content (AvgIpc) is 3.35. The number of hydrogen-bond donors (Lipinski definition) is 0. The predicted molar refractivity (Wildman–Crippen MR) is 301 cm³/mol. The molecule has 0 fully saturated rings. The van der Waals surface area contributed by atoms with Gasteiger partial charge in [-0.1, -0.05) is 233 Å². The van der Waals surface area contributed by atoms with Crippen molar-refractivity contribution in [3.05, 3.63) is 97.2 Å². The van der Waals surface area contributed by atoms with Gasteiger partial charge in [-0.05, 0) is 77.0 Å². The molecule has 0 radical (unpaired) electrons. The second kappa shape index (κ2) is 53.5. The number of carbonyl (C=O) groups is 3. The first-order valence-corrected chi connectivity index (χ1v) is 28.9. The van der Waals surface area contributed by atoms with Crippen molar-refractivity contribution in [1.82, 2.24) is 0 Å². The highest BCUT2D eigenvalue weighted by molar-refractivity contribution is 5.70. The summed E-state index contributed by atoms with van der Waals surface area (Å²) >= 11 is 0. The normalized spacial score (nSPS) is 13.5. The number of aliphatic carboxylic acids is 1. The smallest absolute Gasteiger partial charge is 0.306 e. The van der Waals surface area contributed by atoms with Crippen LogP contribution in [0.25, 0.3) is 0 Å². The van der Waals surface area contributed by atoms with Crippen LogP contribution in [0.15, 0.2) is 97.2 Å². The first-order valence-electron chi connectivity index (χ1n) is 28.9. The fraction of sp³-hybridized carbons (Fsp3) is 0.698. The minimum atomic E-state index is -1.63. The van der Waals surface area contributed by atoms with Gasteiger partial charge in [-0.3, -0.25) is 9.59 Å². The van der Waals surface area contributed by atoms with Gasteiger partial charge in [0.25, 0.3) is 0 Å². The van der Waals surface area contributed by atoms with Gasteiger partial charge < -0.3 is 33.3 Å². The molecule has 0 rings (SSSR count).